The Morgan fingerprint density at radius 3 is 2.56 bits per heavy atom. The van der Waals surface area contributed by atoms with Crippen molar-refractivity contribution >= 4 is 27.9 Å². The summed E-state index contributed by atoms with van der Waals surface area (Å²) in [4.78, 5) is 22.1. The van der Waals surface area contributed by atoms with Crippen molar-refractivity contribution in [1.29, 1.82) is 0 Å². The molecule has 0 heterocycles. The number of hydrogen-bond donors (Lipinski definition) is 1. The van der Waals surface area contributed by atoms with E-state index < -0.39 is 5.97 Å². The summed E-state index contributed by atoms with van der Waals surface area (Å²) in [6, 6.07) is 4.30. The van der Waals surface area contributed by atoms with E-state index in [1.807, 2.05) is 0 Å². The predicted octanol–water partition coefficient (Wildman–Crippen LogP) is 2.46. The Kier molecular flexibility index (Phi) is 2.96. The molecule has 0 aromatic heterocycles. The Labute approximate surface area is 100 Å². The highest BCUT2D eigenvalue weighted by atomic mass is 79.9. The van der Waals surface area contributed by atoms with Crippen molar-refractivity contribution < 1.29 is 19.4 Å². The van der Waals surface area contributed by atoms with E-state index in [9.17, 15) is 9.59 Å². The van der Waals surface area contributed by atoms with Crippen molar-refractivity contribution in [2.75, 3.05) is 0 Å². The minimum Gasteiger partial charge on any atom is -0.478 e. The van der Waals surface area contributed by atoms with Crippen molar-refractivity contribution in [2.45, 2.75) is 12.8 Å². The van der Waals surface area contributed by atoms with E-state index in [0.29, 0.717) is 10.2 Å². The summed E-state index contributed by atoms with van der Waals surface area (Å²) in [7, 11) is 0. The summed E-state index contributed by atoms with van der Waals surface area (Å²) in [6.45, 7) is 0. The first-order chi connectivity index (χ1) is 7.58. The zero-order valence-corrected chi connectivity index (χ0v) is 9.86. The van der Waals surface area contributed by atoms with Crippen LogP contribution in [-0.2, 0) is 4.79 Å². The number of benzene rings is 1. The number of carbonyl (C=O) groups excluding carboxylic acids is 1. The van der Waals surface area contributed by atoms with E-state index in [1.54, 1.807) is 0 Å². The maximum Gasteiger partial charge on any atom is 0.335 e. The molecule has 2 rings (SSSR count). The molecule has 5 heteroatoms. The van der Waals surface area contributed by atoms with Crippen molar-refractivity contribution in [1.82, 2.24) is 0 Å². The van der Waals surface area contributed by atoms with E-state index in [-0.39, 0.29) is 17.5 Å². The molecule has 84 valence electrons. The van der Waals surface area contributed by atoms with Crippen molar-refractivity contribution in [2.24, 2.45) is 5.92 Å². The molecule has 1 aliphatic rings. The van der Waals surface area contributed by atoms with Gasteiger partial charge in [0.2, 0.25) is 0 Å². The predicted molar refractivity (Wildman–Crippen MR) is 59.5 cm³/mol. The number of carboxylic acid groups (broad SMARTS) is 1. The average molecular weight is 285 g/mol. The second kappa shape index (κ2) is 4.25. The van der Waals surface area contributed by atoms with Gasteiger partial charge >= 0.3 is 11.9 Å². The quantitative estimate of drug-likeness (QED) is 0.684. The fraction of sp³-hybridized carbons (Fsp3) is 0.273. The van der Waals surface area contributed by atoms with Crippen LogP contribution in [0, 0.1) is 5.92 Å². The van der Waals surface area contributed by atoms with Crippen LogP contribution in [0.15, 0.2) is 22.7 Å². The molecule has 0 radical (unpaired) electrons. The molecule has 1 aromatic carbocycles. The number of ether oxygens (including phenoxy) is 1. The van der Waals surface area contributed by atoms with Gasteiger partial charge in [0.05, 0.1) is 16.0 Å². The van der Waals surface area contributed by atoms with Crippen molar-refractivity contribution in [3.05, 3.63) is 28.2 Å². The Balaban J connectivity index is 2.15. The summed E-state index contributed by atoms with van der Waals surface area (Å²) in [5.41, 5.74) is 0.151. The first kappa shape index (κ1) is 11.1. The summed E-state index contributed by atoms with van der Waals surface area (Å²) in [6.07, 6.45) is 1.76. The van der Waals surface area contributed by atoms with Gasteiger partial charge < -0.3 is 9.84 Å². The molecule has 0 aliphatic heterocycles. The molecular formula is C11H9BrO4. The van der Waals surface area contributed by atoms with Crippen molar-refractivity contribution in [3.63, 3.8) is 0 Å². The van der Waals surface area contributed by atoms with E-state index in [1.165, 1.54) is 18.2 Å². The van der Waals surface area contributed by atoms with Gasteiger partial charge in [0, 0.05) is 0 Å². The summed E-state index contributed by atoms with van der Waals surface area (Å²) in [5, 5.41) is 8.75. The standard InChI is InChI=1S/C11H9BrO4/c12-8-5-7(10(13)14)3-4-9(8)16-11(15)6-1-2-6/h3-6H,1-2H2,(H,13,14). The van der Waals surface area contributed by atoms with Crippen LogP contribution in [0.4, 0.5) is 0 Å². The molecule has 1 saturated carbocycles. The van der Waals surface area contributed by atoms with Crippen molar-refractivity contribution in [3.8, 4) is 5.75 Å². The molecule has 0 amide bonds. The van der Waals surface area contributed by atoms with Crippen LogP contribution in [0.1, 0.15) is 23.2 Å². The van der Waals surface area contributed by atoms with Gasteiger partial charge in [-0.1, -0.05) is 0 Å². The minimum absolute atomic E-state index is 0.0195. The highest BCUT2D eigenvalue weighted by Gasteiger charge is 2.32. The van der Waals surface area contributed by atoms with Gasteiger partial charge in [-0.3, -0.25) is 4.79 Å². The number of rotatable bonds is 3. The third-order valence-corrected chi connectivity index (χ3v) is 2.92. The van der Waals surface area contributed by atoms with E-state index in [4.69, 9.17) is 9.84 Å². The molecule has 0 spiro atoms. The topological polar surface area (TPSA) is 63.6 Å². The molecule has 0 unspecified atom stereocenters. The first-order valence-corrected chi connectivity index (χ1v) is 5.62. The largest absolute Gasteiger partial charge is 0.478 e. The molecule has 1 aliphatic carbocycles. The van der Waals surface area contributed by atoms with Crippen LogP contribution < -0.4 is 4.74 Å². The lowest BCUT2D eigenvalue weighted by Crippen LogP contribution is -2.10. The second-order valence-electron chi connectivity index (χ2n) is 3.65. The van der Waals surface area contributed by atoms with Crippen LogP contribution in [0.2, 0.25) is 0 Å². The molecule has 16 heavy (non-hydrogen) atoms. The van der Waals surface area contributed by atoms with Gasteiger partial charge in [-0.15, -0.1) is 0 Å². The first-order valence-electron chi connectivity index (χ1n) is 4.82. The van der Waals surface area contributed by atoms with Crippen LogP contribution in [0.5, 0.6) is 5.75 Å². The molecule has 4 nitrogen and oxygen atoms in total. The smallest absolute Gasteiger partial charge is 0.335 e. The zero-order chi connectivity index (χ0) is 11.7. The molecular weight excluding hydrogens is 276 g/mol. The molecule has 1 aromatic rings. The maximum absolute atomic E-state index is 11.4. The Morgan fingerprint density at radius 2 is 2.06 bits per heavy atom. The fourth-order valence-corrected chi connectivity index (χ4v) is 1.69. The lowest BCUT2D eigenvalue weighted by Gasteiger charge is -2.06. The molecule has 1 N–H and O–H groups in total. The SMILES string of the molecule is O=C(O)c1ccc(OC(=O)C2CC2)c(Br)c1. The van der Waals surface area contributed by atoms with Gasteiger partial charge in [-0.25, -0.2) is 4.79 Å². The number of halogens is 1. The second-order valence-corrected chi connectivity index (χ2v) is 4.50. The molecule has 0 saturated heterocycles. The summed E-state index contributed by atoms with van der Waals surface area (Å²) >= 11 is 3.17. The fourth-order valence-electron chi connectivity index (χ4n) is 1.23. The lowest BCUT2D eigenvalue weighted by atomic mass is 10.2. The lowest BCUT2D eigenvalue weighted by molar-refractivity contribution is -0.135. The molecule has 0 atom stereocenters. The van der Waals surface area contributed by atoms with Gasteiger partial charge in [0.15, 0.2) is 0 Å². The average Bonchev–Trinajstić information content (AvgIpc) is 3.03. The number of carbonyl (C=O) groups is 2. The van der Waals surface area contributed by atoms with E-state index in [2.05, 4.69) is 15.9 Å². The van der Waals surface area contributed by atoms with Crippen LogP contribution >= 0.6 is 15.9 Å². The van der Waals surface area contributed by atoms with E-state index >= 15 is 0 Å². The van der Waals surface area contributed by atoms with E-state index in [0.717, 1.165) is 12.8 Å². The highest BCUT2D eigenvalue weighted by molar-refractivity contribution is 9.10. The highest BCUT2D eigenvalue weighted by Crippen LogP contribution is 2.33. The zero-order valence-electron chi connectivity index (χ0n) is 8.27. The maximum atomic E-state index is 11.4. The van der Waals surface area contributed by atoms with Gasteiger partial charge in [-0.05, 0) is 47.0 Å². The van der Waals surface area contributed by atoms with Gasteiger partial charge in [0.1, 0.15) is 5.75 Å². The van der Waals surface area contributed by atoms with Crippen LogP contribution in [0.3, 0.4) is 0 Å². The summed E-state index contributed by atoms with van der Waals surface area (Å²) in [5.74, 6) is -0.877. The Hall–Kier alpha value is -1.36. The monoisotopic (exact) mass is 284 g/mol. The number of carboxylic acids is 1. The number of aromatic carboxylic acids is 1. The Morgan fingerprint density at radius 1 is 1.38 bits per heavy atom. The third kappa shape index (κ3) is 2.41. The third-order valence-electron chi connectivity index (χ3n) is 2.30. The minimum atomic E-state index is -1.01. The van der Waals surface area contributed by atoms with Gasteiger partial charge in [0.25, 0.3) is 0 Å². The Bertz CT molecular complexity index is 451. The molecule has 0 bridgehead atoms. The number of hydrogen-bond acceptors (Lipinski definition) is 3. The van der Waals surface area contributed by atoms with Crippen LogP contribution in [0.25, 0.3) is 0 Å². The number of esters is 1. The van der Waals surface area contributed by atoms with Gasteiger partial charge in [-0.2, -0.15) is 0 Å². The molecule has 1 fully saturated rings. The normalized spacial score (nSPS) is 14.6. The van der Waals surface area contributed by atoms with Crippen LogP contribution in [-0.4, -0.2) is 17.0 Å². The summed E-state index contributed by atoms with van der Waals surface area (Å²) < 4.78 is 5.60.